The summed E-state index contributed by atoms with van der Waals surface area (Å²) in [4.78, 5) is 0.467. The lowest BCUT2D eigenvalue weighted by molar-refractivity contribution is 0.602. The lowest BCUT2D eigenvalue weighted by Crippen LogP contribution is -2.31. The topological polar surface area (TPSA) is 34.1 Å². The largest absolute Gasteiger partial charge is 0.219 e. The molecule has 4 aromatic rings. The molecule has 1 heterocycles. The highest BCUT2D eigenvalue weighted by atomic mass is 32.2. The molecule has 0 atom stereocenters. The zero-order chi connectivity index (χ0) is 31.9. The average Bonchev–Trinajstić information content (AvgIpc) is 3.48. The first kappa shape index (κ1) is 29.0. The molecule has 3 aliphatic rings. The van der Waals surface area contributed by atoms with E-state index in [4.69, 9.17) is 0 Å². The molecule has 2 nitrogen and oxygen atoms in total. The van der Waals surface area contributed by atoms with Crippen LogP contribution in [0.15, 0.2) is 28.5 Å². The fourth-order valence-electron chi connectivity index (χ4n) is 8.84. The Morgan fingerprint density at radius 2 is 0.818 bits per heavy atom. The van der Waals surface area contributed by atoms with Crippen molar-refractivity contribution >= 4 is 22.0 Å². The van der Waals surface area contributed by atoms with Gasteiger partial charge in [-0.2, -0.15) is 0 Å². The van der Waals surface area contributed by atoms with Gasteiger partial charge in [0.05, 0.1) is 10.3 Å². The molecule has 0 aromatic heterocycles. The highest BCUT2D eigenvalue weighted by Gasteiger charge is 2.51. The summed E-state index contributed by atoms with van der Waals surface area (Å²) >= 11 is 0. The van der Waals surface area contributed by atoms with Crippen molar-refractivity contribution in [3.63, 3.8) is 0 Å². The van der Waals surface area contributed by atoms with Gasteiger partial charge in [-0.25, -0.2) is 8.42 Å². The minimum atomic E-state index is -3.62. The normalized spacial score (nSPS) is 16.1. The van der Waals surface area contributed by atoms with Gasteiger partial charge in [0.15, 0.2) is 0 Å². The second-order valence-corrected chi connectivity index (χ2v) is 15.5. The van der Waals surface area contributed by atoms with Gasteiger partial charge in [-0.1, -0.05) is 24.3 Å². The van der Waals surface area contributed by atoms with Gasteiger partial charge in [0.2, 0.25) is 9.84 Å². The van der Waals surface area contributed by atoms with Crippen LogP contribution in [-0.2, 0) is 15.3 Å². The Kier molecular flexibility index (Phi) is 5.90. The Labute approximate surface area is 263 Å². The first-order chi connectivity index (χ1) is 20.6. The monoisotopic (exact) mass is 598 g/mol. The van der Waals surface area contributed by atoms with Crippen molar-refractivity contribution in [3.05, 3.63) is 118 Å². The summed E-state index contributed by atoms with van der Waals surface area (Å²) in [5, 5.41) is 1.40. The molecule has 3 heteroatoms. The summed E-state index contributed by atoms with van der Waals surface area (Å²) in [6.07, 6.45) is 6.32. The van der Waals surface area contributed by atoms with Crippen LogP contribution < -0.4 is 0 Å². The van der Waals surface area contributed by atoms with E-state index in [1.165, 1.54) is 106 Å². The predicted octanol–water partition coefficient (Wildman–Crippen LogP) is 10.2. The number of hydrogen-bond acceptors (Lipinski definition) is 2. The average molecular weight is 599 g/mol. The third-order valence-corrected chi connectivity index (χ3v) is 13.7. The maximum atomic E-state index is 14.0. The van der Waals surface area contributed by atoms with Crippen LogP contribution in [0.25, 0.3) is 34.4 Å². The van der Waals surface area contributed by atoms with E-state index in [0.29, 0.717) is 4.90 Å². The Morgan fingerprint density at radius 1 is 0.432 bits per heavy atom. The van der Waals surface area contributed by atoms with Gasteiger partial charge in [-0.05, 0) is 206 Å². The Hall–Kier alpha value is -3.69. The summed E-state index contributed by atoms with van der Waals surface area (Å²) in [5.41, 5.74) is 25.0. The standard InChI is InChI=1S/C41H42O2S/c1-19-20(2)26(8)34-33(25(19)7)35-27(9)21(3)23(5)29(11)37(35)41(38-30(12)24(6)22(4)28(10)36(34)38)17-15-31-13-14-32-16-18-44(42,43)40(32)39(31)41/h13-18H,1-12H3. The molecule has 7 rings (SSSR count). The van der Waals surface area contributed by atoms with Crippen molar-refractivity contribution in [1.82, 2.24) is 0 Å². The minimum absolute atomic E-state index is 0.467. The van der Waals surface area contributed by atoms with Crippen LogP contribution in [-0.4, -0.2) is 8.42 Å². The zero-order valence-electron chi connectivity index (χ0n) is 28.2. The van der Waals surface area contributed by atoms with Crippen molar-refractivity contribution in [2.24, 2.45) is 0 Å². The molecule has 0 radical (unpaired) electrons. The van der Waals surface area contributed by atoms with E-state index in [1.807, 2.05) is 6.07 Å². The van der Waals surface area contributed by atoms with Crippen LogP contribution in [0.2, 0.25) is 0 Å². The Bertz CT molecular complexity index is 2130. The minimum Gasteiger partial charge on any atom is -0.219 e. The van der Waals surface area contributed by atoms with E-state index in [1.54, 1.807) is 6.08 Å². The fraction of sp³-hybridized carbons (Fsp3) is 0.317. The van der Waals surface area contributed by atoms with Gasteiger partial charge in [-0.15, -0.1) is 0 Å². The molecular weight excluding hydrogens is 557 g/mol. The van der Waals surface area contributed by atoms with E-state index < -0.39 is 15.3 Å². The summed E-state index contributed by atoms with van der Waals surface area (Å²) in [6.45, 7) is 27.2. The summed E-state index contributed by atoms with van der Waals surface area (Å²) < 4.78 is 28.0. The molecule has 0 amide bonds. The number of sulfone groups is 1. The molecule has 0 N–H and O–H groups in total. The van der Waals surface area contributed by atoms with Gasteiger partial charge < -0.3 is 0 Å². The molecule has 0 saturated heterocycles. The highest BCUT2D eigenvalue weighted by molar-refractivity contribution is 7.94. The Balaban J connectivity index is 1.91. The summed E-state index contributed by atoms with van der Waals surface area (Å²) in [7, 11) is -3.62. The molecule has 224 valence electrons. The molecule has 44 heavy (non-hydrogen) atoms. The molecule has 0 saturated carbocycles. The lowest BCUT2D eigenvalue weighted by atomic mass is 9.63. The quantitative estimate of drug-likeness (QED) is 0.202. The van der Waals surface area contributed by atoms with E-state index >= 15 is 0 Å². The molecule has 0 bridgehead atoms. The molecule has 0 fully saturated rings. The second-order valence-electron chi connectivity index (χ2n) is 13.7. The number of allylic oxidation sites excluding steroid dienone is 1. The van der Waals surface area contributed by atoms with Crippen LogP contribution in [0.3, 0.4) is 0 Å². The van der Waals surface area contributed by atoms with Gasteiger partial charge in [0.1, 0.15) is 0 Å². The van der Waals surface area contributed by atoms with Gasteiger partial charge in [-0.3, -0.25) is 0 Å². The van der Waals surface area contributed by atoms with Crippen molar-refractivity contribution in [2.45, 2.75) is 93.4 Å². The number of rotatable bonds is 0. The SMILES string of the molecule is Cc1c(C)c(C)c2c(c1C)-c1c(C)c(C)c(C)c(C)c1C1(C=Cc3ccc4c(c31)S(=O)(=O)C=C4)c1c(C)c(C)c(C)c(C)c1-2. The van der Waals surface area contributed by atoms with Crippen molar-refractivity contribution in [1.29, 1.82) is 0 Å². The van der Waals surface area contributed by atoms with Gasteiger partial charge >= 0.3 is 0 Å². The van der Waals surface area contributed by atoms with Crippen molar-refractivity contribution in [3.8, 4) is 22.3 Å². The maximum absolute atomic E-state index is 14.0. The second kappa shape index (κ2) is 8.95. The van der Waals surface area contributed by atoms with E-state index in [9.17, 15) is 8.42 Å². The maximum Gasteiger partial charge on any atom is 0.200 e. The molecule has 1 spiro atoms. The molecular formula is C41H42O2S. The first-order valence-electron chi connectivity index (χ1n) is 15.7. The lowest BCUT2D eigenvalue weighted by Gasteiger charge is -2.39. The number of fused-ring (bicyclic) bond motifs is 11. The smallest absolute Gasteiger partial charge is 0.200 e. The van der Waals surface area contributed by atoms with E-state index in [0.717, 1.165) is 16.7 Å². The van der Waals surface area contributed by atoms with Crippen LogP contribution in [0, 0.1) is 83.1 Å². The highest BCUT2D eigenvalue weighted by Crippen LogP contribution is 2.62. The van der Waals surface area contributed by atoms with Crippen LogP contribution in [0.5, 0.6) is 0 Å². The van der Waals surface area contributed by atoms with Crippen molar-refractivity contribution in [2.75, 3.05) is 0 Å². The third-order valence-electron chi connectivity index (χ3n) is 12.2. The molecule has 0 unspecified atom stereocenters. The van der Waals surface area contributed by atoms with Gasteiger partial charge in [0.25, 0.3) is 0 Å². The number of hydrogen-bond donors (Lipinski definition) is 0. The number of benzene rings is 4. The summed E-state index contributed by atoms with van der Waals surface area (Å²) in [5.74, 6) is 0. The molecule has 4 aromatic carbocycles. The van der Waals surface area contributed by atoms with Crippen molar-refractivity contribution < 1.29 is 8.42 Å². The fourth-order valence-corrected chi connectivity index (χ4v) is 10.3. The molecule has 1 aliphatic heterocycles. The van der Waals surface area contributed by atoms with E-state index in [-0.39, 0.29) is 0 Å². The van der Waals surface area contributed by atoms with Gasteiger partial charge in [0, 0.05) is 5.41 Å². The van der Waals surface area contributed by atoms with Crippen LogP contribution >= 0.6 is 0 Å². The van der Waals surface area contributed by atoms with E-state index in [2.05, 4.69) is 101 Å². The van der Waals surface area contributed by atoms with Crippen LogP contribution in [0.1, 0.15) is 94.6 Å². The van der Waals surface area contributed by atoms with Crippen LogP contribution in [0.4, 0.5) is 0 Å². The molecule has 2 aliphatic carbocycles. The third kappa shape index (κ3) is 3.19. The zero-order valence-corrected chi connectivity index (χ0v) is 29.0. The Morgan fingerprint density at radius 3 is 1.27 bits per heavy atom. The first-order valence-corrected chi connectivity index (χ1v) is 17.3. The predicted molar refractivity (Wildman–Crippen MR) is 186 cm³/mol. The summed E-state index contributed by atoms with van der Waals surface area (Å²) in [6, 6.07) is 4.10.